The number of rotatable bonds is 4. The summed E-state index contributed by atoms with van der Waals surface area (Å²) in [5, 5.41) is 0. The van der Waals surface area contributed by atoms with Crippen molar-refractivity contribution in [1.29, 1.82) is 0 Å². The van der Waals surface area contributed by atoms with Crippen molar-refractivity contribution in [3.05, 3.63) is 24.3 Å². The van der Waals surface area contributed by atoms with Crippen LogP contribution in [0.1, 0.15) is 59.3 Å². The van der Waals surface area contributed by atoms with Crippen molar-refractivity contribution in [2.45, 2.75) is 59.3 Å². The highest BCUT2D eigenvalue weighted by Gasteiger charge is 2.60. The topological polar surface area (TPSA) is 69.7 Å². The van der Waals surface area contributed by atoms with Gasteiger partial charge in [0.05, 0.1) is 12.5 Å². The number of carbonyl (C=O) groups excluding carboxylic acids is 3. The number of hydrogen-bond acceptors (Lipinski definition) is 5. The molecule has 0 amide bonds. The number of hydrogen-bond donors (Lipinski definition) is 0. The Labute approximate surface area is 167 Å². The Hall–Kier alpha value is -1.91. The third-order valence-corrected chi connectivity index (χ3v) is 7.75. The van der Waals surface area contributed by atoms with Crippen molar-refractivity contribution in [2.24, 2.45) is 28.1 Å². The van der Waals surface area contributed by atoms with Crippen LogP contribution in [0.15, 0.2) is 24.3 Å². The van der Waals surface area contributed by atoms with Crippen LogP contribution in [0, 0.1) is 28.1 Å². The molecule has 2 fully saturated rings. The standard InChI is InChI=1S/C23H32O5/c1-6-12-28-20(26)23(4)14-15-8-9-17-21(2,16(15)13-18(23)24)10-7-11-22(17,3)19(25)27-5/h6,13,15,17H,1,7-12,14H2,2-5H3/t15-,17+,21+,22-,23-/m1/s1. The van der Waals surface area contributed by atoms with Crippen LogP contribution < -0.4 is 0 Å². The first-order chi connectivity index (χ1) is 13.1. The lowest BCUT2D eigenvalue weighted by atomic mass is 9.46. The zero-order chi connectivity index (χ0) is 20.7. The molecule has 0 aromatic carbocycles. The molecular weight excluding hydrogens is 356 g/mol. The van der Waals surface area contributed by atoms with E-state index in [0.717, 1.165) is 37.7 Å². The number of carbonyl (C=O) groups is 3. The Morgan fingerprint density at radius 3 is 2.57 bits per heavy atom. The number of esters is 2. The second kappa shape index (κ2) is 7.16. The molecule has 0 aliphatic heterocycles. The highest BCUT2D eigenvalue weighted by molar-refractivity contribution is 6.10. The fourth-order valence-electron chi connectivity index (χ4n) is 6.19. The van der Waals surface area contributed by atoms with E-state index in [4.69, 9.17) is 9.47 Å². The Balaban J connectivity index is 1.96. The van der Waals surface area contributed by atoms with Gasteiger partial charge < -0.3 is 9.47 Å². The lowest BCUT2D eigenvalue weighted by Gasteiger charge is -2.57. The maximum Gasteiger partial charge on any atom is 0.320 e. The molecule has 5 nitrogen and oxygen atoms in total. The van der Waals surface area contributed by atoms with E-state index in [2.05, 4.69) is 13.5 Å². The van der Waals surface area contributed by atoms with E-state index < -0.39 is 16.8 Å². The number of ether oxygens (including phenoxy) is 2. The summed E-state index contributed by atoms with van der Waals surface area (Å²) in [6.45, 7) is 9.58. The second-order valence-corrected chi connectivity index (χ2v) is 9.39. The van der Waals surface area contributed by atoms with E-state index in [1.807, 2.05) is 6.92 Å². The molecule has 0 N–H and O–H groups in total. The Bertz CT molecular complexity index is 737. The summed E-state index contributed by atoms with van der Waals surface area (Å²) in [5.41, 5.74) is -0.759. The lowest BCUT2D eigenvalue weighted by Crippen LogP contribution is -2.54. The highest BCUT2D eigenvalue weighted by Crippen LogP contribution is 2.63. The zero-order valence-corrected chi connectivity index (χ0v) is 17.5. The Morgan fingerprint density at radius 1 is 1.21 bits per heavy atom. The number of fused-ring (bicyclic) bond motifs is 3. The fraction of sp³-hybridized carbons (Fsp3) is 0.696. The maximum absolute atomic E-state index is 13.0. The van der Waals surface area contributed by atoms with Gasteiger partial charge in [-0.1, -0.05) is 31.6 Å². The van der Waals surface area contributed by atoms with Crippen molar-refractivity contribution in [2.75, 3.05) is 13.7 Å². The minimum absolute atomic E-state index is 0.111. The molecule has 0 aromatic rings. The van der Waals surface area contributed by atoms with Crippen LogP contribution in [0.4, 0.5) is 0 Å². The van der Waals surface area contributed by atoms with Crippen LogP contribution in [0.5, 0.6) is 0 Å². The molecule has 0 radical (unpaired) electrons. The molecule has 0 bridgehead atoms. The summed E-state index contributed by atoms with van der Waals surface area (Å²) in [7, 11) is 1.45. The van der Waals surface area contributed by atoms with Gasteiger partial charge in [-0.25, -0.2) is 0 Å². The second-order valence-electron chi connectivity index (χ2n) is 9.39. The third kappa shape index (κ3) is 2.94. The molecule has 5 atom stereocenters. The van der Waals surface area contributed by atoms with E-state index in [-0.39, 0.29) is 35.6 Å². The van der Waals surface area contributed by atoms with Crippen LogP contribution in [-0.2, 0) is 23.9 Å². The van der Waals surface area contributed by atoms with Crippen molar-refractivity contribution >= 4 is 17.7 Å². The van der Waals surface area contributed by atoms with E-state index in [1.54, 1.807) is 13.0 Å². The first-order valence-electron chi connectivity index (χ1n) is 10.3. The predicted octanol–water partition coefficient (Wildman–Crippen LogP) is 4.02. The summed E-state index contributed by atoms with van der Waals surface area (Å²) in [4.78, 5) is 38.3. The summed E-state index contributed by atoms with van der Waals surface area (Å²) in [5.74, 6) is -0.487. The molecule has 0 unspecified atom stereocenters. The van der Waals surface area contributed by atoms with Gasteiger partial charge in [0.2, 0.25) is 0 Å². The van der Waals surface area contributed by atoms with Gasteiger partial charge in [0.1, 0.15) is 12.0 Å². The van der Waals surface area contributed by atoms with Crippen LogP contribution in [0.25, 0.3) is 0 Å². The average Bonchev–Trinajstić information content (AvgIpc) is 2.66. The molecule has 2 saturated carbocycles. The molecule has 3 rings (SSSR count). The highest BCUT2D eigenvalue weighted by atomic mass is 16.5. The van der Waals surface area contributed by atoms with Gasteiger partial charge in [-0.15, -0.1) is 0 Å². The third-order valence-electron chi connectivity index (χ3n) is 7.75. The monoisotopic (exact) mass is 388 g/mol. The first-order valence-corrected chi connectivity index (χ1v) is 10.3. The molecule has 28 heavy (non-hydrogen) atoms. The largest absolute Gasteiger partial charge is 0.469 e. The van der Waals surface area contributed by atoms with Crippen molar-refractivity contribution in [3.63, 3.8) is 0 Å². The van der Waals surface area contributed by atoms with Gasteiger partial charge in [0, 0.05) is 0 Å². The first kappa shape index (κ1) is 20.8. The molecule has 0 saturated heterocycles. The quantitative estimate of drug-likeness (QED) is 0.413. The Kier molecular flexibility index (Phi) is 5.32. The summed E-state index contributed by atoms with van der Waals surface area (Å²) < 4.78 is 10.4. The minimum Gasteiger partial charge on any atom is -0.469 e. The number of allylic oxidation sites excluding steroid dienone is 2. The SMILES string of the molecule is C=CCOC(=O)[C@]1(C)C[C@H]2CC[C@@H]3[C@](C)(C(=O)OC)CCC[C@@]3(C)C2=CC1=O. The summed E-state index contributed by atoms with van der Waals surface area (Å²) >= 11 is 0. The molecule has 3 aliphatic rings. The maximum atomic E-state index is 13.0. The van der Waals surface area contributed by atoms with Gasteiger partial charge >= 0.3 is 11.9 Å². The summed E-state index contributed by atoms with van der Waals surface area (Å²) in [6.07, 6.45) is 8.16. The normalized spacial score (nSPS) is 39.9. The van der Waals surface area contributed by atoms with Crippen LogP contribution in [0.3, 0.4) is 0 Å². The zero-order valence-electron chi connectivity index (χ0n) is 17.5. The molecule has 5 heteroatoms. The van der Waals surface area contributed by atoms with Crippen molar-refractivity contribution < 1.29 is 23.9 Å². The van der Waals surface area contributed by atoms with Gasteiger partial charge in [-0.05, 0) is 69.3 Å². The van der Waals surface area contributed by atoms with Crippen LogP contribution in [-0.4, -0.2) is 31.4 Å². The van der Waals surface area contributed by atoms with Crippen LogP contribution >= 0.6 is 0 Å². The van der Waals surface area contributed by atoms with Gasteiger partial charge in [-0.2, -0.15) is 0 Å². The lowest BCUT2D eigenvalue weighted by molar-refractivity contribution is -0.165. The Morgan fingerprint density at radius 2 is 1.93 bits per heavy atom. The molecule has 3 aliphatic carbocycles. The smallest absolute Gasteiger partial charge is 0.320 e. The predicted molar refractivity (Wildman–Crippen MR) is 105 cm³/mol. The van der Waals surface area contributed by atoms with E-state index >= 15 is 0 Å². The molecule has 0 spiro atoms. The molecule has 0 aromatic heterocycles. The molecular formula is C23H32O5. The van der Waals surface area contributed by atoms with E-state index in [1.165, 1.54) is 13.2 Å². The van der Waals surface area contributed by atoms with Crippen LogP contribution in [0.2, 0.25) is 0 Å². The minimum atomic E-state index is -1.14. The fourth-order valence-corrected chi connectivity index (χ4v) is 6.19. The molecule has 0 heterocycles. The van der Waals surface area contributed by atoms with Crippen molar-refractivity contribution in [1.82, 2.24) is 0 Å². The van der Waals surface area contributed by atoms with Gasteiger partial charge in [-0.3, -0.25) is 14.4 Å². The summed E-state index contributed by atoms with van der Waals surface area (Å²) in [6, 6.07) is 0. The van der Waals surface area contributed by atoms with E-state index in [9.17, 15) is 14.4 Å². The van der Waals surface area contributed by atoms with Gasteiger partial charge in [0.25, 0.3) is 0 Å². The number of methoxy groups -OCH3 is 1. The molecule has 154 valence electrons. The van der Waals surface area contributed by atoms with Crippen molar-refractivity contribution in [3.8, 4) is 0 Å². The average molecular weight is 389 g/mol. The van der Waals surface area contributed by atoms with E-state index in [0.29, 0.717) is 6.42 Å². The number of ketones is 1. The van der Waals surface area contributed by atoms with Gasteiger partial charge in [0.15, 0.2) is 5.78 Å².